The van der Waals surface area contributed by atoms with Crippen LogP contribution in [0.4, 0.5) is 31.1 Å². The third kappa shape index (κ3) is 1.39. The molecule has 0 saturated carbocycles. The van der Waals surface area contributed by atoms with E-state index in [1.54, 1.807) is 0 Å². The Bertz CT molecular complexity index is 304. The Morgan fingerprint density at radius 1 is 1.00 bits per heavy atom. The van der Waals surface area contributed by atoms with Crippen LogP contribution >= 0.6 is 0 Å². The van der Waals surface area contributed by atoms with Gasteiger partial charge in [0, 0.05) is 0 Å². The second-order valence-electron chi connectivity index (χ2n) is 2.52. The molecule has 15 heavy (non-hydrogen) atoms. The third-order valence-corrected chi connectivity index (χ3v) is 1.58. The number of carbonyl (C=O) groups is 2. The lowest BCUT2D eigenvalue weighted by atomic mass is 10.0. The summed E-state index contributed by atoms with van der Waals surface area (Å²) in [5.74, 6) is -2.59. The molecule has 1 aliphatic heterocycles. The quantitative estimate of drug-likeness (QED) is 0.642. The lowest BCUT2D eigenvalue weighted by Gasteiger charge is -2.28. The van der Waals surface area contributed by atoms with Gasteiger partial charge in [-0.2, -0.15) is 26.3 Å². The molecule has 86 valence electrons. The van der Waals surface area contributed by atoms with E-state index in [0.717, 1.165) is 5.32 Å². The van der Waals surface area contributed by atoms with Crippen molar-refractivity contribution in [2.75, 3.05) is 0 Å². The van der Waals surface area contributed by atoms with Crippen LogP contribution in [0, 0.1) is 0 Å². The van der Waals surface area contributed by atoms with Gasteiger partial charge in [0.1, 0.15) is 0 Å². The van der Waals surface area contributed by atoms with E-state index < -0.39 is 30.0 Å². The van der Waals surface area contributed by atoms with E-state index in [-0.39, 0.29) is 0 Å². The molecule has 0 aliphatic carbocycles. The fraction of sp³-hybridized carbons (Fsp3) is 0.600. The number of carbonyl (C=O) groups excluding carboxylic acids is 2. The average molecular weight is 237 g/mol. The Kier molecular flexibility index (Phi) is 2.14. The van der Waals surface area contributed by atoms with Crippen LogP contribution in [0.3, 0.4) is 0 Å². The number of imide groups is 1. The first-order chi connectivity index (χ1) is 6.52. The average Bonchev–Trinajstić information content (AvgIpc) is 2.23. The Morgan fingerprint density at radius 3 is 1.53 bits per heavy atom. The van der Waals surface area contributed by atoms with Crippen molar-refractivity contribution in [3.63, 3.8) is 0 Å². The van der Waals surface area contributed by atoms with Gasteiger partial charge in [0.05, 0.1) is 0 Å². The molecule has 0 aromatic heterocycles. The van der Waals surface area contributed by atoms with Gasteiger partial charge in [0.15, 0.2) is 0 Å². The predicted molar refractivity (Wildman–Crippen MR) is 29.5 cm³/mol. The van der Waals surface area contributed by atoms with Crippen molar-refractivity contribution in [1.29, 1.82) is 0 Å². The van der Waals surface area contributed by atoms with Crippen molar-refractivity contribution >= 4 is 12.0 Å². The fourth-order valence-electron chi connectivity index (χ4n) is 0.926. The highest BCUT2D eigenvalue weighted by Crippen LogP contribution is 2.47. The SMILES string of the molecule is O=C1NC(=O)C(C(F)(F)F)(C(F)(F)F)O1. The number of hydrogen-bond donors (Lipinski definition) is 1. The highest BCUT2D eigenvalue weighted by atomic mass is 19.4. The minimum Gasteiger partial charge on any atom is -0.414 e. The van der Waals surface area contributed by atoms with Crippen LogP contribution in [0.1, 0.15) is 0 Å². The summed E-state index contributed by atoms with van der Waals surface area (Å²) >= 11 is 0. The summed E-state index contributed by atoms with van der Waals surface area (Å²) in [6, 6.07) is 0. The highest BCUT2D eigenvalue weighted by molar-refractivity contribution is 6.04. The number of alkyl carbamates (subject to hydrolysis) is 1. The first-order valence-corrected chi connectivity index (χ1v) is 3.20. The van der Waals surface area contributed by atoms with Gasteiger partial charge in [-0.05, 0) is 0 Å². The Balaban J connectivity index is 3.33. The van der Waals surface area contributed by atoms with E-state index in [9.17, 15) is 35.9 Å². The maximum Gasteiger partial charge on any atom is 0.447 e. The van der Waals surface area contributed by atoms with Crippen molar-refractivity contribution < 1.29 is 40.7 Å². The monoisotopic (exact) mass is 237 g/mol. The second kappa shape index (κ2) is 2.76. The highest BCUT2D eigenvalue weighted by Gasteiger charge is 2.81. The van der Waals surface area contributed by atoms with Crippen molar-refractivity contribution in [2.24, 2.45) is 0 Å². The zero-order valence-corrected chi connectivity index (χ0v) is 6.49. The number of amides is 2. The number of rotatable bonds is 0. The Labute approximate surface area is 77.2 Å². The van der Waals surface area contributed by atoms with Gasteiger partial charge < -0.3 is 4.74 Å². The first kappa shape index (κ1) is 11.6. The number of hydrogen-bond acceptors (Lipinski definition) is 3. The molecule has 0 bridgehead atoms. The van der Waals surface area contributed by atoms with Gasteiger partial charge in [0.2, 0.25) is 0 Å². The van der Waals surface area contributed by atoms with Gasteiger partial charge in [-0.25, -0.2) is 4.79 Å². The molecular weight excluding hydrogens is 236 g/mol. The molecule has 1 aliphatic rings. The van der Waals surface area contributed by atoms with E-state index in [1.807, 2.05) is 0 Å². The van der Waals surface area contributed by atoms with E-state index in [0.29, 0.717) is 0 Å². The maximum atomic E-state index is 12.1. The molecular formula is C5HF6NO3. The van der Waals surface area contributed by atoms with E-state index in [1.165, 1.54) is 0 Å². The molecule has 1 saturated heterocycles. The summed E-state index contributed by atoms with van der Waals surface area (Å²) in [7, 11) is 0. The lowest BCUT2D eigenvalue weighted by Crippen LogP contribution is -2.62. The summed E-state index contributed by atoms with van der Waals surface area (Å²) < 4.78 is 75.5. The smallest absolute Gasteiger partial charge is 0.414 e. The molecule has 0 aromatic rings. The van der Waals surface area contributed by atoms with Crippen molar-refractivity contribution in [2.45, 2.75) is 18.0 Å². The topological polar surface area (TPSA) is 55.4 Å². The molecule has 1 N–H and O–H groups in total. The van der Waals surface area contributed by atoms with Crippen LogP contribution in [0.25, 0.3) is 0 Å². The number of alkyl halides is 6. The summed E-state index contributed by atoms with van der Waals surface area (Å²) in [6.07, 6.45) is -14.2. The van der Waals surface area contributed by atoms with Gasteiger partial charge in [-0.3, -0.25) is 10.1 Å². The Morgan fingerprint density at radius 2 is 1.40 bits per heavy atom. The van der Waals surface area contributed by atoms with Crippen LogP contribution in [-0.4, -0.2) is 30.0 Å². The number of halogens is 6. The van der Waals surface area contributed by atoms with Crippen molar-refractivity contribution in [1.82, 2.24) is 5.32 Å². The summed E-state index contributed by atoms with van der Waals surface area (Å²) in [5.41, 5.74) is -5.10. The molecule has 0 atom stereocenters. The summed E-state index contributed by atoms with van der Waals surface area (Å²) in [5, 5.41) is 0.781. The number of nitrogens with one attached hydrogen (secondary N) is 1. The van der Waals surface area contributed by atoms with Gasteiger partial charge in [0.25, 0.3) is 5.91 Å². The summed E-state index contributed by atoms with van der Waals surface area (Å²) in [6.45, 7) is 0. The van der Waals surface area contributed by atoms with E-state index >= 15 is 0 Å². The molecule has 0 unspecified atom stereocenters. The maximum absolute atomic E-state index is 12.1. The zero-order chi connectivity index (χ0) is 12.1. The molecule has 0 aromatic carbocycles. The molecule has 1 rings (SSSR count). The first-order valence-electron chi connectivity index (χ1n) is 3.20. The van der Waals surface area contributed by atoms with Crippen LogP contribution < -0.4 is 5.32 Å². The Hall–Kier alpha value is -1.48. The third-order valence-electron chi connectivity index (χ3n) is 1.58. The molecule has 1 fully saturated rings. The molecule has 0 spiro atoms. The largest absolute Gasteiger partial charge is 0.447 e. The standard InChI is InChI=1S/C5HF6NO3/c6-4(7,8)3(5(9,10)11)1(13)12-2(14)15-3/h(H,12,13,14). The summed E-state index contributed by atoms with van der Waals surface area (Å²) in [4.78, 5) is 20.7. The zero-order valence-electron chi connectivity index (χ0n) is 6.49. The molecule has 4 nitrogen and oxygen atoms in total. The molecule has 0 radical (unpaired) electrons. The van der Waals surface area contributed by atoms with E-state index in [2.05, 4.69) is 4.74 Å². The van der Waals surface area contributed by atoms with Crippen LogP contribution in [0.2, 0.25) is 0 Å². The lowest BCUT2D eigenvalue weighted by molar-refractivity contribution is -0.340. The van der Waals surface area contributed by atoms with Crippen molar-refractivity contribution in [3.05, 3.63) is 0 Å². The number of cyclic esters (lactones) is 1. The van der Waals surface area contributed by atoms with Crippen molar-refractivity contribution in [3.8, 4) is 0 Å². The minimum atomic E-state index is -6.07. The number of ether oxygens (including phenoxy) is 1. The van der Waals surface area contributed by atoms with Gasteiger partial charge in [-0.1, -0.05) is 0 Å². The van der Waals surface area contributed by atoms with Gasteiger partial charge in [-0.15, -0.1) is 0 Å². The fourth-order valence-corrected chi connectivity index (χ4v) is 0.926. The second-order valence-corrected chi connectivity index (χ2v) is 2.52. The van der Waals surface area contributed by atoms with Crippen LogP contribution in [-0.2, 0) is 9.53 Å². The predicted octanol–water partition coefficient (Wildman–Crippen LogP) is 1.12. The van der Waals surface area contributed by atoms with E-state index in [4.69, 9.17) is 0 Å². The van der Waals surface area contributed by atoms with Gasteiger partial charge >= 0.3 is 24.0 Å². The molecule has 2 amide bonds. The normalized spacial score (nSPS) is 21.2. The minimum absolute atomic E-state index is 0.781. The molecule has 10 heteroatoms. The van der Waals surface area contributed by atoms with Crippen LogP contribution in [0.5, 0.6) is 0 Å². The molecule has 1 heterocycles. The van der Waals surface area contributed by atoms with Crippen LogP contribution in [0.15, 0.2) is 0 Å².